The molecular formula is C11H12ClN3S. The van der Waals surface area contributed by atoms with Gasteiger partial charge in [0, 0.05) is 30.2 Å². The van der Waals surface area contributed by atoms with Gasteiger partial charge in [-0.15, -0.1) is 11.3 Å². The normalized spacial score (nSPS) is 12.7. The van der Waals surface area contributed by atoms with E-state index in [1.807, 2.05) is 18.4 Å². The molecular weight excluding hydrogens is 242 g/mol. The zero-order valence-corrected chi connectivity index (χ0v) is 10.4. The number of hydrogen-bond acceptors (Lipinski definition) is 4. The monoisotopic (exact) mass is 253 g/mol. The second-order valence-corrected chi connectivity index (χ2v) is 5.04. The molecule has 0 amide bonds. The predicted octanol–water partition coefficient (Wildman–Crippen LogP) is 2.74. The topological polar surface area (TPSA) is 51.8 Å². The van der Waals surface area contributed by atoms with Crippen LogP contribution in [0.1, 0.15) is 22.3 Å². The summed E-state index contributed by atoms with van der Waals surface area (Å²) >= 11 is 7.66. The molecule has 0 radical (unpaired) electrons. The first-order valence-electron chi connectivity index (χ1n) is 4.93. The first-order chi connectivity index (χ1) is 7.66. The Labute approximate surface area is 103 Å². The van der Waals surface area contributed by atoms with E-state index in [0.29, 0.717) is 11.4 Å². The highest BCUT2D eigenvalue weighted by molar-refractivity contribution is 7.09. The fourth-order valence-corrected chi connectivity index (χ4v) is 2.41. The highest BCUT2D eigenvalue weighted by atomic mass is 35.5. The molecule has 0 aliphatic heterocycles. The molecule has 0 saturated carbocycles. The minimum Gasteiger partial charge on any atom is -0.324 e. The molecule has 2 aromatic heterocycles. The Morgan fingerprint density at radius 1 is 1.56 bits per heavy atom. The number of aromatic nitrogens is 2. The third kappa shape index (κ3) is 2.58. The maximum absolute atomic E-state index is 6.09. The fraction of sp³-hybridized carbons (Fsp3) is 0.273. The summed E-state index contributed by atoms with van der Waals surface area (Å²) in [7, 11) is 0. The van der Waals surface area contributed by atoms with Gasteiger partial charge in [0.05, 0.1) is 15.7 Å². The summed E-state index contributed by atoms with van der Waals surface area (Å²) in [5, 5.41) is 3.70. The largest absolute Gasteiger partial charge is 0.324 e. The van der Waals surface area contributed by atoms with Crippen molar-refractivity contribution in [1.29, 1.82) is 0 Å². The van der Waals surface area contributed by atoms with Crippen LogP contribution in [-0.2, 0) is 6.42 Å². The van der Waals surface area contributed by atoms with E-state index in [0.717, 1.165) is 16.3 Å². The summed E-state index contributed by atoms with van der Waals surface area (Å²) in [6.45, 7) is 1.99. The Bertz CT molecular complexity index is 484. The van der Waals surface area contributed by atoms with E-state index in [1.54, 1.807) is 23.7 Å². The molecule has 0 aromatic carbocycles. The van der Waals surface area contributed by atoms with Crippen LogP contribution in [-0.4, -0.2) is 9.97 Å². The van der Waals surface area contributed by atoms with E-state index in [1.165, 1.54) is 0 Å². The smallest absolute Gasteiger partial charge is 0.0897 e. The lowest BCUT2D eigenvalue weighted by atomic mass is 10.1. The second kappa shape index (κ2) is 4.91. The summed E-state index contributed by atoms with van der Waals surface area (Å²) in [4.78, 5) is 8.32. The third-order valence-corrected chi connectivity index (χ3v) is 3.44. The van der Waals surface area contributed by atoms with Crippen LogP contribution in [0.5, 0.6) is 0 Å². The molecule has 0 fully saturated rings. The van der Waals surface area contributed by atoms with Gasteiger partial charge in [0.15, 0.2) is 0 Å². The Balaban J connectivity index is 2.14. The number of thiazole rings is 1. The SMILES string of the molecule is Cc1nc(CC(N)c2ccncc2Cl)cs1. The Morgan fingerprint density at radius 2 is 2.38 bits per heavy atom. The second-order valence-electron chi connectivity index (χ2n) is 3.57. The molecule has 84 valence electrons. The van der Waals surface area contributed by atoms with Crippen molar-refractivity contribution < 1.29 is 0 Å². The van der Waals surface area contributed by atoms with Crippen LogP contribution in [0, 0.1) is 6.92 Å². The van der Waals surface area contributed by atoms with E-state index in [4.69, 9.17) is 17.3 Å². The third-order valence-electron chi connectivity index (χ3n) is 2.30. The lowest BCUT2D eigenvalue weighted by molar-refractivity contribution is 0.708. The van der Waals surface area contributed by atoms with E-state index in [2.05, 4.69) is 9.97 Å². The minimum atomic E-state index is -0.128. The summed E-state index contributed by atoms with van der Waals surface area (Å²) in [5.74, 6) is 0. The van der Waals surface area contributed by atoms with Crippen molar-refractivity contribution >= 4 is 22.9 Å². The zero-order chi connectivity index (χ0) is 11.5. The Hall–Kier alpha value is -0.970. The van der Waals surface area contributed by atoms with Gasteiger partial charge in [0.25, 0.3) is 0 Å². The van der Waals surface area contributed by atoms with Gasteiger partial charge in [-0.25, -0.2) is 4.98 Å². The van der Waals surface area contributed by atoms with Crippen LogP contribution in [0.4, 0.5) is 0 Å². The molecule has 3 nitrogen and oxygen atoms in total. The molecule has 2 aromatic rings. The number of halogens is 1. The van der Waals surface area contributed by atoms with Crippen LogP contribution < -0.4 is 5.73 Å². The van der Waals surface area contributed by atoms with Gasteiger partial charge in [-0.1, -0.05) is 11.6 Å². The van der Waals surface area contributed by atoms with Gasteiger partial charge in [-0.2, -0.15) is 0 Å². The maximum Gasteiger partial charge on any atom is 0.0897 e. The molecule has 0 saturated heterocycles. The van der Waals surface area contributed by atoms with Crippen LogP contribution >= 0.6 is 22.9 Å². The van der Waals surface area contributed by atoms with Crippen molar-refractivity contribution in [2.45, 2.75) is 19.4 Å². The molecule has 0 spiro atoms. The molecule has 0 aliphatic rings. The molecule has 0 bridgehead atoms. The summed E-state index contributed by atoms with van der Waals surface area (Å²) in [6, 6.07) is 1.73. The van der Waals surface area contributed by atoms with Crippen molar-refractivity contribution in [3.05, 3.63) is 45.1 Å². The van der Waals surface area contributed by atoms with E-state index in [-0.39, 0.29) is 6.04 Å². The van der Waals surface area contributed by atoms with Crippen LogP contribution in [0.3, 0.4) is 0 Å². The molecule has 2 heterocycles. The molecule has 1 atom stereocenters. The van der Waals surface area contributed by atoms with Gasteiger partial charge in [0.1, 0.15) is 0 Å². The molecule has 1 unspecified atom stereocenters. The highest BCUT2D eigenvalue weighted by Gasteiger charge is 2.12. The number of rotatable bonds is 3. The number of nitrogens with zero attached hydrogens (tertiary/aromatic N) is 2. The van der Waals surface area contributed by atoms with E-state index >= 15 is 0 Å². The quantitative estimate of drug-likeness (QED) is 0.915. The van der Waals surface area contributed by atoms with Crippen molar-refractivity contribution in [2.24, 2.45) is 5.73 Å². The van der Waals surface area contributed by atoms with Gasteiger partial charge in [0.2, 0.25) is 0 Å². The molecule has 0 aliphatic carbocycles. The first-order valence-corrected chi connectivity index (χ1v) is 6.18. The van der Waals surface area contributed by atoms with Crippen LogP contribution in [0.2, 0.25) is 5.02 Å². The predicted molar refractivity (Wildman–Crippen MR) is 66.7 cm³/mol. The fourth-order valence-electron chi connectivity index (χ4n) is 1.52. The van der Waals surface area contributed by atoms with E-state index in [9.17, 15) is 0 Å². The molecule has 5 heteroatoms. The molecule has 2 rings (SSSR count). The summed E-state index contributed by atoms with van der Waals surface area (Å²) in [5.41, 5.74) is 8.02. The van der Waals surface area contributed by atoms with Crippen molar-refractivity contribution in [2.75, 3.05) is 0 Å². The molecule has 16 heavy (non-hydrogen) atoms. The lowest BCUT2D eigenvalue weighted by Gasteiger charge is -2.11. The van der Waals surface area contributed by atoms with E-state index < -0.39 is 0 Å². The number of nitrogens with two attached hydrogens (primary N) is 1. The van der Waals surface area contributed by atoms with Crippen molar-refractivity contribution in [1.82, 2.24) is 9.97 Å². The maximum atomic E-state index is 6.09. The van der Waals surface area contributed by atoms with Gasteiger partial charge in [-0.05, 0) is 18.6 Å². The Morgan fingerprint density at radius 3 is 3.00 bits per heavy atom. The number of aryl methyl sites for hydroxylation is 1. The minimum absolute atomic E-state index is 0.128. The van der Waals surface area contributed by atoms with Crippen LogP contribution in [0.15, 0.2) is 23.8 Å². The Kier molecular flexibility index (Phi) is 3.53. The van der Waals surface area contributed by atoms with Crippen LogP contribution in [0.25, 0.3) is 0 Å². The average Bonchev–Trinajstić information content (AvgIpc) is 2.64. The zero-order valence-electron chi connectivity index (χ0n) is 8.85. The average molecular weight is 254 g/mol. The van der Waals surface area contributed by atoms with Gasteiger partial charge >= 0.3 is 0 Å². The number of pyridine rings is 1. The summed E-state index contributed by atoms with van der Waals surface area (Å²) < 4.78 is 0. The summed E-state index contributed by atoms with van der Waals surface area (Å²) in [6.07, 6.45) is 4.02. The van der Waals surface area contributed by atoms with Crippen molar-refractivity contribution in [3.8, 4) is 0 Å². The van der Waals surface area contributed by atoms with Gasteiger partial charge in [-0.3, -0.25) is 4.98 Å². The standard InChI is InChI=1S/C11H12ClN3S/c1-7-15-8(6-16-7)4-11(13)9-2-3-14-5-10(9)12/h2-3,5-6,11H,4,13H2,1H3. The first kappa shape index (κ1) is 11.5. The lowest BCUT2D eigenvalue weighted by Crippen LogP contribution is -2.14. The molecule has 2 N–H and O–H groups in total. The van der Waals surface area contributed by atoms with Gasteiger partial charge < -0.3 is 5.73 Å². The van der Waals surface area contributed by atoms with Crippen molar-refractivity contribution in [3.63, 3.8) is 0 Å². The highest BCUT2D eigenvalue weighted by Crippen LogP contribution is 2.23. The number of hydrogen-bond donors (Lipinski definition) is 1.